The maximum absolute atomic E-state index is 9.99. The van der Waals surface area contributed by atoms with Crippen molar-refractivity contribution in [3.05, 3.63) is 230 Å². The molecule has 0 amide bonds. The molecule has 0 saturated carbocycles. The van der Waals surface area contributed by atoms with E-state index in [1.54, 1.807) is 24.3 Å². The molecule has 0 aliphatic heterocycles. The summed E-state index contributed by atoms with van der Waals surface area (Å²) in [5, 5.41) is 23.6. The van der Waals surface area contributed by atoms with Crippen LogP contribution in [0, 0.1) is 11.5 Å². The molecular weight excluding hydrogens is 873 g/mol. The van der Waals surface area contributed by atoms with Gasteiger partial charge in [0.25, 0.3) is 0 Å². The summed E-state index contributed by atoms with van der Waals surface area (Å²) >= 11 is 0. The molecule has 304 valence electrons. The van der Waals surface area contributed by atoms with Gasteiger partial charge in [-0.25, -0.2) is 0 Å². The monoisotopic (exact) mass is 922 g/mol. The molecular formula is C56H50O2P2Pd+2. The van der Waals surface area contributed by atoms with E-state index in [2.05, 4.69) is 200 Å². The Hall–Kier alpha value is -5.35. The average molecular weight is 923 g/mol. The molecule has 2 nitrogen and oxygen atoms in total. The third-order valence-electron chi connectivity index (χ3n) is 10.2. The topological polar surface area (TPSA) is 40.1 Å². The molecule has 0 radical (unpaired) electrons. The zero-order chi connectivity index (χ0) is 41.7. The number of carbonyl (C=O) groups excluding carboxylic acids is 1. The Morgan fingerprint density at radius 3 is 1.07 bits per heavy atom. The first-order chi connectivity index (χ1) is 29.4. The second kappa shape index (κ2) is 22.0. The summed E-state index contributed by atoms with van der Waals surface area (Å²) < 4.78 is 0. The zero-order valence-corrected chi connectivity index (χ0v) is 38.3. The Morgan fingerprint density at radius 1 is 0.459 bits per heavy atom. The number of hydrogen-bond donors (Lipinski definition) is 0. The van der Waals surface area contributed by atoms with Crippen molar-refractivity contribution in [1.29, 1.82) is 0 Å². The van der Waals surface area contributed by atoms with Gasteiger partial charge >= 0.3 is 20.4 Å². The standard InChI is InChI=1S/C44H32P2.C7H5O.C5H11O.Pd/c1-5-19-35(20-6-1)45(36-21-7-2-8-22-36)41-31-29-33-17-13-15-27-39(33)43(41)44-40-28-16-14-18-34(40)30-32-42(44)46(37-23-9-3-10-24-37)38-25-11-4-12-26-38;8-6-7-4-2-1-3-5-7;1-5(2,3)4-6;/h1-32H;2-6H;4H2,1-3H3;/q;2*-1;+2/p+2. The molecule has 0 aliphatic rings. The predicted molar refractivity (Wildman–Crippen MR) is 262 cm³/mol. The SMILES string of the molecule is CC(C)(C)C[O-].O=Cc1cc[c-]cc1.[Pd+2].c1ccc([PH+](c2ccccc2)c2ccc3ccccc3c2-c2c([PH+](c3ccccc3)c3ccccc3)ccc3ccccc23)cc1. The number of aldehydes is 1. The smallest absolute Gasteiger partial charge is 0.854 e. The van der Waals surface area contributed by atoms with Crippen LogP contribution in [0.3, 0.4) is 0 Å². The van der Waals surface area contributed by atoms with Crippen molar-refractivity contribution in [3.8, 4) is 11.1 Å². The molecule has 0 spiro atoms. The van der Waals surface area contributed by atoms with Gasteiger partial charge in [-0.3, -0.25) is 0 Å². The Balaban J connectivity index is 0.000000356. The summed E-state index contributed by atoms with van der Waals surface area (Å²) in [6.45, 7) is 5.81. The quantitative estimate of drug-likeness (QED) is 0.0660. The largest absolute Gasteiger partial charge is 2.00 e. The van der Waals surface area contributed by atoms with E-state index in [0.29, 0.717) is 5.56 Å². The van der Waals surface area contributed by atoms with Crippen molar-refractivity contribution < 1.29 is 30.3 Å². The van der Waals surface area contributed by atoms with E-state index in [4.69, 9.17) is 0 Å². The van der Waals surface area contributed by atoms with Crippen molar-refractivity contribution in [1.82, 2.24) is 0 Å². The average Bonchev–Trinajstić information content (AvgIpc) is 3.31. The van der Waals surface area contributed by atoms with E-state index in [1.165, 1.54) is 64.5 Å². The molecule has 0 aliphatic carbocycles. The maximum Gasteiger partial charge on any atom is 2.00 e. The summed E-state index contributed by atoms with van der Waals surface area (Å²) in [5.41, 5.74) is 3.44. The van der Waals surface area contributed by atoms with Crippen LogP contribution in [0.1, 0.15) is 31.1 Å². The fourth-order valence-corrected chi connectivity index (χ4v) is 12.9. The number of hydrogen-bond acceptors (Lipinski definition) is 2. The third-order valence-corrected chi connectivity index (χ3v) is 15.8. The minimum absolute atomic E-state index is 0. The first kappa shape index (κ1) is 45.2. The van der Waals surface area contributed by atoms with Crippen LogP contribution in [0.25, 0.3) is 32.7 Å². The van der Waals surface area contributed by atoms with Crippen molar-refractivity contribution >= 4 is 75.5 Å². The normalized spacial score (nSPS) is 10.9. The van der Waals surface area contributed by atoms with Gasteiger partial charge in [0.2, 0.25) is 0 Å². The van der Waals surface area contributed by atoms with Crippen molar-refractivity contribution in [2.75, 3.05) is 6.61 Å². The van der Waals surface area contributed by atoms with Crippen molar-refractivity contribution in [3.63, 3.8) is 0 Å². The molecule has 0 unspecified atom stereocenters. The van der Waals surface area contributed by atoms with Gasteiger partial charge in [-0.05, 0) is 82.2 Å². The molecule has 0 N–H and O–H groups in total. The molecule has 0 heterocycles. The Morgan fingerprint density at radius 2 is 0.770 bits per heavy atom. The molecule has 9 aromatic carbocycles. The fourth-order valence-electron chi connectivity index (χ4n) is 7.35. The third kappa shape index (κ3) is 11.3. The van der Waals surface area contributed by atoms with E-state index in [1.807, 2.05) is 20.8 Å². The first-order valence-electron chi connectivity index (χ1n) is 20.4. The molecule has 9 rings (SSSR count). The van der Waals surface area contributed by atoms with Gasteiger partial charge in [0.1, 0.15) is 38.1 Å². The second-order valence-corrected chi connectivity index (χ2v) is 20.7. The van der Waals surface area contributed by atoms with Crippen LogP contribution in [0.15, 0.2) is 218 Å². The van der Waals surface area contributed by atoms with E-state index in [-0.39, 0.29) is 32.4 Å². The van der Waals surface area contributed by atoms with Crippen molar-refractivity contribution in [2.45, 2.75) is 20.8 Å². The Kier molecular flexibility index (Phi) is 16.3. The number of benzene rings is 9. The maximum atomic E-state index is 9.99. The summed E-state index contributed by atoms with van der Waals surface area (Å²) in [4.78, 5) is 9.99. The van der Waals surface area contributed by atoms with E-state index < -0.39 is 15.8 Å². The first-order valence-corrected chi connectivity index (χ1v) is 23.4. The summed E-state index contributed by atoms with van der Waals surface area (Å²) in [5.74, 6) is 0. The molecule has 0 saturated heterocycles. The van der Waals surface area contributed by atoms with Crippen LogP contribution in [0.5, 0.6) is 0 Å². The van der Waals surface area contributed by atoms with Gasteiger partial charge in [-0.1, -0.05) is 165 Å². The molecule has 0 aromatic heterocycles. The minimum atomic E-state index is -1.37. The number of rotatable bonds is 8. The van der Waals surface area contributed by atoms with Gasteiger partial charge in [0, 0.05) is 11.1 Å². The minimum Gasteiger partial charge on any atom is -0.854 e. The van der Waals surface area contributed by atoms with Gasteiger partial charge < -0.3 is 9.90 Å². The molecule has 0 fully saturated rings. The fraction of sp³-hybridized carbons (Fsp3) is 0.0893. The summed E-state index contributed by atoms with van der Waals surface area (Å²) in [6, 6.07) is 81.9. The van der Waals surface area contributed by atoms with E-state index >= 15 is 0 Å². The molecule has 5 heteroatoms. The van der Waals surface area contributed by atoms with Gasteiger partial charge in [0.15, 0.2) is 0 Å². The Bertz CT molecular complexity index is 2500. The van der Waals surface area contributed by atoms with Gasteiger partial charge in [-0.15, -0.1) is 6.61 Å². The van der Waals surface area contributed by atoms with Gasteiger partial charge in [0.05, 0.1) is 15.8 Å². The van der Waals surface area contributed by atoms with Crippen LogP contribution < -0.4 is 36.9 Å². The summed E-state index contributed by atoms with van der Waals surface area (Å²) in [7, 11) is -2.74. The van der Waals surface area contributed by atoms with Crippen LogP contribution in [0.4, 0.5) is 0 Å². The van der Waals surface area contributed by atoms with Gasteiger partial charge in [-0.2, -0.15) is 30.3 Å². The number of carbonyl (C=O) groups is 1. The van der Waals surface area contributed by atoms with Crippen molar-refractivity contribution in [2.24, 2.45) is 5.41 Å². The summed E-state index contributed by atoms with van der Waals surface area (Å²) in [6.07, 6.45) is 0.813. The zero-order valence-electron chi connectivity index (χ0n) is 34.7. The van der Waals surface area contributed by atoms with E-state index in [0.717, 1.165) is 6.29 Å². The molecule has 61 heavy (non-hydrogen) atoms. The van der Waals surface area contributed by atoms with Crippen LogP contribution >= 0.6 is 15.8 Å². The molecule has 0 atom stereocenters. The van der Waals surface area contributed by atoms with Crippen LogP contribution in [0.2, 0.25) is 0 Å². The predicted octanol–water partition coefficient (Wildman–Crippen LogP) is 10.3. The molecule has 9 aromatic rings. The number of fused-ring (bicyclic) bond motifs is 2. The Labute approximate surface area is 377 Å². The second-order valence-electron chi connectivity index (χ2n) is 15.8. The molecule has 0 bridgehead atoms. The van der Waals surface area contributed by atoms with Crippen LogP contribution in [-0.2, 0) is 20.4 Å². The van der Waals surface area contributed by atoms with Crippen LogP contribution in [-0.4, -0.2) is 12.9 Å². The van der Waals surface area contributed by atoms with E-state index in [9.17, 15) is 9.90 Å².